The standard InChI is InChI=1S/C17H18N6O7S2/c1-3-4-30-21-9(12-20-17(18)32-22-12)13(25)19-10-14(26)23-11(16(27)28)8(5-29-7(2)24)6-31-15(10)23/h3,10,15H,1,4-6H2,2H3,(H,19,25)(H,27,28)(H2,18,20,22)/b21-9-/t10?,15-/m1/s1. The smallest absolute Gasteiger partial charge is 0.352 e. The number of nitrogen functional groups attached to an aromatic ring is 1. The van der Waals surface area contributed by atoms with Gasteiger partial charge in [0.15, 0.2) is 5.13 Å². The van der Waals surface area contributed by atoms with Gasteiger partial charge in [0.1, 0.15) is 30.3 Å². The van der Waals surface area contributed by atoms with E-state index in [1.807, 2.05) is 0 Å². The Bertz CT molecular complexity index is 1040. The molecule has 0 spiro atoms. The lowest BCUT2D eigenvalue weighted by Crippen LogP contribution is -2.71. The summed E-state index contributed by atoms with van der Waals surface area (Å²) >= 11 is 2.08. The van der Waals surface area contributed by atoms with Crippen molar-refractivity contribution in [1.29, 1.82) is 0 Å². The zero-order valence-corrected chi connectivity index (χ0v) is 18.3. The Morgan fingerprint density at radius 3 is 2.81 bits per heavy atom. The van der Waals surface area contributed by atoms with Gasteiger partial charge in [-0.2, -0.15) is 9.36 Å². The molecule has 1 aromatic rings. The molecule has 1 fully saturated rings. The van der Waals surface area contributed by atoms with Crippen LogP contribution in [0.1, 0.15) is 12.7 Å². The van der Waals surface area contributed by atoms with Gasteiger partial charge >= 0.3 is 11.9 Å². The fourth-order valence-electron chi connectivity index (χ4n) is 2.86. The zero-order valence-electron chi connectivity index (χ0n) is 16.6. The Hall–Kier alpha value is -3.46. The summed E-state index contributed by atoms with van der Waals surface area (Å²) in [5.41, 5.74) is 5.29. The fourth-order valence-corrected chi connectivity index (χ4v) is 4.62. The van der Waals surface area contributed by atoms with Crippen LogP contribution in [0.3, 0.4) is 0 Å². The van der Waals surface area contributed by atoms with Gasteiger partial charge in [-0.1, -0.05) is 17.8 Å². The number of esters is 1. The minimum absolute atomic E-state index is 0.0168. The number of β-lactam (4-membered cyclic amide) rings is 1. The van der Waals surface area contributed by atoms with Crippen LogP contribution in [0.2, 0.25) is 0 Å². The molecular weight excluding hydrogens is 464 g/mol. The van der Waals surface area contributed by atoms with Crippen molar-refractivity contribution in [2.75, 3.05) is 24.7 Å². The summed E-state index contributed by atoms with van der Waals surface area (Å²) in [5.74, 6) is -3.22. The number of carbonyl (C=O) groups excluding carboxylic acids is 3. The van der Waals surface area contributed by atoms with Gasteiger partial charge in [0.05, 0.1) is 0 Å². The third-order valence-corrected chi connectivity index (χ3v) is 6.09. The molecule has 0 radical (unpaired) electrons. The van der Waals surface area contributed by atoms with Crippen molar-refractivity contribution in [3.8, 4) is 0 Å². The SMILES string of the molecule is C=CCO/N=C(\C(=O)NC1C(=O)N2C(C(=O)O)=C(COC(C)=O)CS[C@H]12)c1nsc(N)n1. The summed E-state index contributed by atoms with van der Waals surface area (Å²) < 4.78 is 8.81. The lowest BCUT2D eigenvalue weighted by Gasteiger charge is -2.49. The van der Waals surface area contributed by atoms with Crippen LogP contribution in [0.15, 0.2) is 29.1 Å². The molecule has 3 heterocycles. The fraction of sp³-hybridized carbons (Fsp3) is 0.353. The van der Waals surface area contributed by atoms with Gasteiger partial charge < -0.3 is 25.7 Å². The number of nitrogens with zero attached hydrogens (tertiary/aromatic N) is 4. The lowest BCUT2D eigenvalue weighted by molar-refractivity contribution is -0.150. The van der Waals surface area contributed by atoms with Crippen LogP contribution in [-0.2, 0) is 28.8 Å². The second-order valence-corrected chi connectivity index (χ2v) is 8.27. The van der Waals surface area contributed by atoms with Gasteiger partial charge in [-0.3, -0.25) is 19.3 Å². The summed E-state index contributed by atoms with van der Waals surface area (Å²) in [6.07, 6.45) is 1.42. The molecule has 0 aliphatic carbocycles. The van der Waals surface area contributed by atoms with E-state index < -0.39 is 35.2 Å². The largest absolute Gasteiger partial charge is 0.477 e. The number of carbonyl (C=O) groups is 4. The molecule has 1 aromatic heterocycles. The predicted octanol–water partition coefficient (Wildman–Crippen LogP) is -0.671. The first-order chi connectivity index (χ1) is 15.2. The van der Waals surface area contributed by atoms with E-state index in [4.69, 9.17) is 15.3 Å². The number of nitrogens with one attached hydrogen (secondary N) is 1. The molecule has 32 heavy (non-hydrogen) atoms. The number of thioether (sulfide) groups is 1. The van der Waals surface area contributed by atoms with E-state index in [1.54, 1.807) is 0 Å². The highest BCUT2D eigenvalue weighted by Gasteiger charge is 2.54. The number of amides is 2. The lowest BCUT2D eigenvalue weighted by atomic mass is 10.0. The van der Waals surface area contributed by atoms with Crippen LogP contribution < -0.4 is 11.1 Å². The Balaban J connectivity index is 1.78. The molecule has 2 atom stereocenters. The third-order valence-electron chi connectivity index (χ3n) is 4.20. The maximum absolute atomic E-state index is 12.8. The van der Waals surface area contributed by atoms with Crippen molar-refractivity contribution in [2.24, 2.45) is 5.16 Å². The Morgan fingerprint density at radius 2 is 2.22 bits per heavy atom. The van der Waals surface area contributed by atoms with Crippen molar-refractivity contribution in [2.45, 2.75) is 18.3 Å². The van der Waals surface area contributed by atoms with Crippen LogP contribution in [0.25, 0.3) is 0 Å². The molecular formula is C17H18N6O7S2. The van der Waals surface area contributed by atoms with Gasteiger partial charge in [-0.25, -0.2) is 4.79 Å². The second kappa shape index (κ2) is 9.78. The molecule has 3 rings (SSSR count). The number of oxime groups is 1. The number of carboxylic acids is 1. The van der Waals surface area contributed by atoms with Gasteiger partial charge in [0.2, 0.25) is 11.5 Å². The Kier molecular flexibility index (Phi) is 7.09. The highest BCUT2D eigenvalue weighted by atomic mass is 32.2. The van der Waals surface area contributed by atoms with Crippen molar-refractivity contribution >= 4 is 57.9 Å². The van der Waals surface area contributed by atoms with Gasteiger partial charge in [-0.05, 0) is 0 Å². The van der Waals surface area contributed by atoms with Crippen molar-refractivity contribution in [3.63, 3.8) is 0 Å². The first kappa shape index (κ1) is 23.2. The summed E-state index contributed by atoms with van der Waals surface area (Å²) in [6, 6.07) is -1.02. The van der Waals surface area contributed by atoms with E-state index in [0.29, 0.717) is 0 Å². The number of hydrogen-bond donors (Lipinski definition) is 3. The van der Waals surface area contributed by atoms with Crippen LogP contribution in [0.4, 0.5) is 5.13 Å². The number of hydrogen-bond acceptors (Lipinski definition) is 12. The highest BCUT2D eigenvalue weighted by Crippen LogP contribution is 2.40. The van der Waals surface area contributed by atoms with Gasteiger partial charge in [-0.15, -0.1) is 11.8 Å². The normalized spacial score (nSPS) is 20.2. The molecule has 13 nitrogen and oxygen atoms in total. The number of nitrogens with two attached hydrogens (primary N) is 1. The third kappa shape index (κ3) is 4.72. The molecule has 2 amide bonds. The average molecular weight is 483 g/mol. The number of aromatic nitrogens is 2. The molecule has 15 heteroatoms. The number of aliphatic carboxylic acids is 1. The Morgan fingerprint density at radius 1 is 1.47 bits per heavy atom. The average Bonchev–Trinajstić information content (AvgIpc) is 3.18. The van der Waals surface area contributed by atoms with E-state index in [2.05, 4.69) is 26.4 Å². The van der Waals surface area contributed by atoms with Gasteiger partial charge in [0, 0.05) is 29.8 Å². The van der Waals surface area contributed by atoms with Crippen molar-refractivity contribution in [1.82, 2.24) is 19.6 Å². The summed E-state index contributed by atoms with van der Waals surface area (Å²) in [4.78, 5) is 58.3. The number of ether oxygens (including phenoxy) is 1. The number of anilines is 1. The monoisotopic (exact) mass is 482 g/mol. The minimum atomic E-state index is -1.34. The second-order valence-electron chi connectivity index (χ2n) is 6.38. The molecule has 1 unspecified atom stereocenters. The van der Waals surface area contributed by atoms with Crippen LogP contribution >= 0.6 is 23.3 Å². The van der Waals surface area contributed by atoms with Crippen molar-refractivity contribution < 1.29 is 33.9 Å². The van der Waals surface area contributed by atoms with E-state index in [0.717, 1.165) is 16.4 Å². The first-order valence-electron chi connectivity index (χ1n) is 8.99. The predicted molar refractivity (Wildman–Crippen MR) is 113 cm³/mol. The van der Waals surface area contributed by atoms with Crippen LogP contribution in [-0.4, -0.2) is 79.2 Å². The zero-order chi connectivity index (χ0) is 23.4. The van der Waals surface area contributed by atoms with E-state index in [1.165, 1.54) is 24.8 Å². The topological polar surface area (TPSA) is 186 Å². The molecule has 1 saturated heterocycles. The summed E-state index contributed by atoms with van der Waals surface area (Å²) in [6.45, 7) is 4.45. The van der Waals surface area contributed by atoms with Crippen molar-refractivity contribution in [3.05, 3.63) is 29.7 Å². The molecule has 2 aliphatic rings. The maximum atomic E-state index is 12.8. The van der Waals surface area contributed by atoms with E-state index in [-0.39, 0.29) is 46.9 Å². The number of carboxylic acid groups (broad SMARTS) is 1. The molecule has 0 bridgehead atoms. The first-order valence-corrected chi connectivity index (χ1v) is 10.8. The summed E-state index contributed by atoms with van der Waals surface area (Å²) in [7, 11) is 0. The van der Waals surface area contributed by atoms with E-state index >= 15 is 0 Å². The quantitative estimate of drug-likeness (QED) is 0.101. The minimum Gasteiger partial charge on any atom is -0.477 e. The van der Waals surface area contributed by atoms with E-state index in [9.17, 15) is 24.3 Å². The molecule has 0 saturated carbocycles. The highest BCUT2D eigenvalue weighted by molar-refractivity contribution is 8.00. The maximum Gasteiger partial charge on any atom is 0.352 e. The van der Waals surface area contributed by atoms with Crippen LogP contribution in [0, 0.1) is 0 Å². The summed E-state index contributed by atoms with van der Waals surface area (Å²) in [5, 5.41) is 15.3. The molecule has 4 N–H and O–H groups in total. The number of fused-ring (bicyclic) bond motifs is 1. The van der Waals surface area contributed by atoms with Gasteiger partial charge in [0.25, 0.3) is 11.8 Å². The Labute approximate surface area is 189 Å². The number of rotatable bonds is 9. The molecule has 170 valence electrons. The molecule has 0 aromatic carbocycles. The van der Waals surface area contributed by atoms with Crippen LogP contribution in [0.5, 0.6) is 0 Å². The molecule has 2 aliphatic heterocycles.